The first kappa shape index (κ1) is 20.1. The van der Waals surface area contributed by atoms with Crippen molar-refractivity contribution in [3.63, 3.8) is 0 Å². The highest BCUT2D eigenvalue weighted by Crippen LogP contribution is 2.25. The summed E-state index contributed by atoms with van der Waals surface area (Å²) in [6.45, 7) is 20.1. The van der Waals surface area contributed by atoms with E-state index in [-0.39, 0.29) is 0 Å². The van der Waals surface area contributed by atoms with Gasteiger partial charge in [0.2, 0.25) is 16.6 Å². The van der Waals surface area contributed by atoms with Gasteiger partial charge in [0.25, 0.3) is 5.95 Å². The molecule has 0 aliphatic heterocycles. The zero-order valence-corrected chi connectivity index (χ0v) is 19.2. The van der Waals surface area contributed by atoms with Gasteiger partial charge in [0.05, 0.1) is 6.20 Å². The molecule has 0 radical (unpaired) electrons. The maximum absolute atomic E-state index is 6.25. The molecule has 0 saturated carbocycles. The Morgan fingerprint density at radius 1 is 0.783 bits per heavy atom. The van der Waals surface area contributed by atoms with Crippen LogP contribution in [0.25, 0.3) is 0 Å². The van der Waals surface area contributed by atoms with Gasteiger partial charge in [-0.2, -0.15) is 0 Å². The largest absolute Gasteiger partial charge is 0.520 e. The molecule has 0 N–H and O–H groups in total. The molecule has 0 amide bonds. The highest BCUT2D eigenvalue weighted by Gasteiger charge is 2.28. The highest BCUT2D eigenvalue weighted by atomic mass is 28.4. The predicted octanol–water partition coefficient (Wildman–Crippen LogP) is 5.83. The van der Waals surface area contributed by atoms with Gasteiger partial charge in [-0.25, -0.2) is 0 Å². The van der Waals surface area contributed by atoms with Crippen molar-refractivity contribution in [2.75, 3.05) is 4.57 Å². The van der Waals surface area contributed by atoms with Crippen molar-refractivity contribution in [2.24, 2.45) is 0 Å². The average Bonchev–Trinajstić information content (AvgIpc) is 2.31. The van der Waals surface area contributed by atoms with Gasteiger partial charge in [-0.15, -0.1) is 0 Å². The van der Waals surface area contributed by atoms with Crippen molar-refractivity contribution in [2.45, 2.75) is 58.9 Å². The van der Waals surface area contributed by atoms with Crippen LogP contribution < -0.4 is 4.57 Å². The molecule has 0 aliphatic carbocycles. The van der Waals surface area contributed by atoms with Gasteiger partial charge in [0, 0.05) is 5.69 Å². The third-order valence-electron chi connectivity index (χ3n) is 2.81. The average molecular weight is 368 g/mol. The van der Waals surface area contributed by atoms with Gasteiger partial charge in [-0.1, -0.05) is 37.8 Å². The standard InChI is InChI=1S/C17H33NO2Si3/c1-21(2,3)18(16-13-11-10-12-14-16)15-17(19-22(4,5)6)20-23(7,8)9/h10-15H,1-9H3. The number of hydrogen-bond acceptors (Lipinski definition) is 3. The number of anilines is 1. The summed E-state index contributed by atoms with van der Waals surface area (Å²) in [5.41, 5.74) is 1.20. The van der Waals surface area contributed by atoms with Crippen LogP contribution in [-0.4, -0.2) is 24.9 Å². The molecule has 0 atom stereocenters. The molecule has 0 unspecified atom stereocenters. The third-order valence-corrected chi connectivity index (χ3v) is 6.26. The Bertz CT molecular complexity index is 507. The summed E-state index contributed by atoms with van der Waals surface area (Å²) in [5.74, 6) is 0.689. The zero-order valence-electron chi connectivity index (χ0n) is 16.2. The van der Waals surface area contributed by atoms with Crippen molar-refractivity contribution in [3.05, 3.63) is 42.5 Å². The summed E-state index contributed by atoms with van der Waals surface area (Å²) in [4.78, 5) is 0. The van der Waals surface area contributed by atoms with Gasteiger partial charge >= 0.3 is 0 Å². The topological polar surface area (TPSA) is 21.7 Å². The molecule has 1 aromatic rings. The molecule has 130 valence electrons. The van der Waals surface area contributed by atoms with Crippen molar-refractivity contribution in [1.82, 2.24) is 0 Å². The first-order valence-electron chi connectivity index (χ1n) is 8.22. The normalized spacial score (nSPS) is 12.6. The fourth-order valence-corrected chi connectivity index (χ4v) is 4.92. The zero-order chi connectivity index (χ0) is 17.9. The van der Waals surface area contributed by atoms with Crippen LogP contribution in [0, 0.1) is 0 Å². The van der Waals surface area contributed by atoms with E-state index in [9.17, 15) is 0 Å². The monoisotopic (exact) mass is 367 g/mol. The number of benzene rings is 1. The lowest BCUT2D eigenvalue weighted by molar-refractivity contribution is 0.215. The lowest BCUT2D eigenvalue weighted by atomic mass is 10.3. The maximum Gasteiger partial charge on any atom is 0.267 e. The third kappa shape index (κ3) is 7.90. The second kappa shape index (κ2) is 7.27. The molecule has 6 heteroatoms. The molecule has 3 nitrogen and oxygen atoms in total. The van der Waals surface area contributed by atoms with Crippen LogP contribution in [0.15, 0.2) is 42.5 Å². The van der Waals surface area contributed by atoms with Gasteiger partial charge in [0.15, 0.2) is 8.24 Å². The number of para-hydroxylation sites is 1. The molecule has 0 heterocycles. The van der Waals surface area contributed by atoms with E-state index >= 15 is 0 Å². The van der Waals surface area contributed by atoms with Crippen LogP contribution in [0.1, 0.15) is 0 Å². The lowest BCUT2D eigenvalue weighted by Gasteiger charge is -2.35. The molecule has 1 aromatic carbocycles. The molecule has 0 aromatic heterocycles. The molecule has 0 fully saturated rings. The highest BCUT2D eigenvalue weighted by molar-refractivity contribution is 6.80. The van der Waals surface area contributed by atoms with Gasteiger partial charge in [0.1, 0.15) is 0 Å². The maximum atomic E-state index is 6.25. The first-order valence-corrected chi connectivity index (χ1v) is 18.5. The van der Waals surface area contributed by atoms with E-state index in [4.69, 9.17) is 8.85 Å². The molecule has 0 bridgehead atoms. The molecule has 0 aliphatic rings. The van der Waals surface area contributed by atoms with Crippen LogP contribution in [-0.2, 0) is 8.85 Å². The number of nitrogens with zero attached hydrogens (tertiary/aromatic N) is 1. The molecular formula is C17H33NO2Si3. The van der Waals surface area contributed by atoms with E-state index in [1.165, 1.54) is 5.69 Å². The molecule has 1 rings (SSSR count). The van der Waals surface area contributed by atoms with E-state index in [0.29, 0.717) is 5.95 Å². The molecule has 0 saturated heterocycles. The van der Waals surface area contributed by atoms with Gasteiger partial charge < -0.3 is 13.4 Å². The predicted molar refractivity (Wildman–Crippen MR) is 109 cm³/mol. The summed E-state index contributed by atoms with van der Waals surface area (Å²) in [6, 6.07) is 10.5. The summed E-state index contributed by atoms with van der Waals surface area (Å²) >= 11 is 0. The van der Waals surface area contributed by atoms with Gasteiger partial charge in [-0.3, -0.25) is 0 Å². The van der Waals surface area contributed by atoms with E-state index in [2.05, 4.69) is 94.0 Å². The Balaban J connectivity index is 3.26. The Hall–Kier alpha value is -0.989. The van der Waals surface area contributed by atoms with Crippen LogP contribution in [0.5, 0.6) is 0 Å². The summed E-state index contributed by atoms with van der Waals surface area (Å²) in [6.07, 6.45) is 2.10. The minimum absolute atomic E-state index is 0.689. The fourth-order valence-electron chi connectivity index (χ4n) is 2.03. The lowest BCUT2D eigenvalue weighted by Crippen LogP contribution is -2.43. The summed E-state index contributed by atoms with van der Waals surface area (Å²) < 4.78 is 14.9. The Morgan fingerprint density at radius 3 is 1.57 bits per heavy atom. The molecule has 23 heavy (non-hydrogen) atoms. The number of hydrogen-bond donors (Lipinski definition) is 0. The second-order valence-electron chi connectivity index (χ2n) is 8.75. The second-order valence-corrected chi connectivity index (χ2v) is 22.4. The Labute approximate surface area is 145 Å². The van der Waals surface area contributed by atoms with Crippen molar-refractivity contribution < 1.29 is 8.85 Å². The van der Waals surface area contributed by atoms with E-state index in [0.717, 1.165) is 0 Å². The van der Waals surface area contributed by atoms with Crippen LogP contribution in [0.3, 0.4) is 0 Å². The molecular weight excluding hydrogens is 334 g/mol. The van der Waals surface area contributed by atoms with Crippen LogP contribution >= 0.6 is 0 Å². The van der Waals surface area contributed by atoms with Crippen molar-refractivity contribution in [1.29, 1.82) is 0 Å². The minimum Gasteiger partial charge on any atom is -0.520 e. The number of rotatable bonds is 7. The minimum atomic E-state index is -1.73. The first-order chi connectivity index (χ1) is 10.3. The van der Waals surface area contributed by atoms with Crippen LogP contribution in [0.4, 0.5) is 5.69 Å². The van der Waals surface area contributed by atoms with E-state index < -0.39 is 24.9 Å². The van der Waals surface area contributed by atoms with Crippen molar-refractivity contribution in [3.8, 4) is 0 Å². The summed E-state index contributed by atoms with van der Waals surface area (Å²) in [7, 11) is -5.07. The van der Waals surface area contributed by atoms with E-state index in [1.807, 2.05) is 6.07 Å². The van der Waals surface area contributed by atoms with Crippen molar-refractivity contribution >= 4 is 30.6 Å². The Morgan fingerprint density at radius 2 is 1.22 bits per heavy atom. The van der Waals surface area contributed by atoms with Crippen LogP contribution in [0.2, 0.25) is 58.9 Å². The smallest absolute Gasteiger partial charge is 0.267 e. The molecule has 0 spiro atoms. The quantitative estimate of drug-likeness (QED) is 0.447. The van der Waals surface area contributed by atoms with Gasteiger partial charge in [-0.05, 0) is 51.4 Å². The van der Waals surface area contributed by atoms with E-state index in [1.54, 1.807) is 0 Å². The SMILES string of the molecule is C[Si](C)(C)OC(=CN(c1ccccc1)[Si](C)(C)C)O[Si](C)(C)C. The Kier molecular flexibility index (Phi) is 6.34. The fraction of sp³-hybridized carbons (Fsp3) is 0.529. The summed E-state index contributed by atoms with van der Waals surface area (Å²) in [5, 5.41) is 0.